The van der Waals surface area contributed by atoms with Crippen LogP contribution >= 0.6 is 11.6 Å². The van der Waals surface area contributed by atoms with Crippen LogP contribution < -0.4 is 14.4 Å². The molecule has 1 saturated heterocycles. The van der Waals surface area contributed by atoms with E-state index in [0.717, 1.165) is 87.8 Å². The number of hydrogen-bond donors (Lipinski definition) is 1. The van der Waals surface area contributed by atoms with Crippen molar-refractivity contribution in [2.75, 3.05) is 57.9 Å². The number of fused-ring (bicyclic) bond motifs is 4. The molecular formula is C44H63ClN4O5S. The van der Waals surface area contributed by atoms with E-state index in [2.05, 4.69) is 64.5 Å². The molecule has 2 aromatic carbocycles. The summed E-state index contributed by atoms with van der Waals surface area (Å²) in [5, 5.41) is 0.0406. The Kier molecular flexibility index (Phi) is 12.0. The number of aryl methyl sites for hydroxylation is 1. The van der Waals surface area contributed by atoms with Gasteiger partial charge in [0.25, 0.3) is 5.91 Å². The van der Waals surface area contributed by atoms with Crippen molar-refractivity contribution in [3.8, 4) is 5.75 Å². The standard InChI is InChI=1S/C44H63ClN4O5S/c1-7-10-41-31(4)11-8-20-44(53-6,28-47-21-22-49(30(2)3)32(5)25-47)38-16-13-35(38)26-48-27-43(19-9-12-33-23-36(45)15-17-37(33)43)29-54-40-18-14-34(24-39(40)48)42(50)46-55(41,51)52/h8,14-15,17-18,20,23-24,30-32,35,38,41H,7,9-13,16,19,21-22,25-29H2,1-6H3,(H,46,50)/b20-8+/t31-,32+,35-,38+,41+,43-,44-/m0/s1. The number of amides is 1. The molecule has 7 rings (SSSR count). The molecule has 1 spiro atoms. The van der Waals surface area contributed by atoms with Gasteiger partial charge in [-0.05, 0) is 125 Å². The summed E-state index contributed by atoms with van der Waals surface area (Å²) in [6.45, 7) is 16.7. The van der Waals surface area contributed by atoms with Crippen molar-refractivity contribution < 1.29 is 22.7 Å². The number of piperazine rings is 1. The fourth-order valence-corrected chi connectivity index (χ4v) is 12.8. The molecule has 0 unspecified atom stereocenters. The highest BCUT2D eigenvalue weighted by molar-refractivity contribution is 7.90. The third-order valence-electron chi connectivity index (χ3n) is 13.8. The average molecular weight is 796 g/mol. The van der Waals surface area contributed by atoms with Gasteiger partial charge >= 0.3 is 0 Å². The first-order valence-corrected chi connectivity index (χ1v) is 22.8. The summed E-state index contributed by atoms with van der Waals surface area (Å²) < 4.78 is 44.0. The van der Waals surface area contributed by atoms with Crippen LogP contribution in [0.2, 0.25) is 5.02 Å². The number of anilines is 1. The molecule has 2 fully saturated rings. The molecule has 3 heterocycles. The van der Waals surface area contributed by atoms with Gasteiger partial charge in [-0.25, -0.2) is 13.1 Å². The van der Waals surface area contributed by atoms with Crippen LogP contribution in [0, 0.1) is 17.8 Å². The number of sulfonamides is 1. The van der Waals surface area contributed by atoms with Crippen molar-refractivity contribution in [1.82, 2.24) is 14.5 Å². The highest BCUT2D eigenvalue weighted by Gasteiger charge is 2.50. The SMILES string of the molecule is CCC[C@@H]1[C@@H](C)C/C=C/[C@@](CN2CCN(C(C)C)[C@H](C)C2)(OC)[C@@H]2CC[C@H]2CN2C[C@@]3(CCCc4cc(Cl)ccc43)COc3ccc(cc32)C(=O)NS1(=O)=O. The summed E-state index contributed by atoms with van der Waals surface area (Å²) in [7, 11) is -2.11. The zero-order valence-electron chi connectivity index (χ0n) is 33.9. The number of nitrogens with zero attached hydrogens (tertiary/aromatic N) is 3. The Morgan fingerprint density at radius 3 is 2.62 bits per heavy atom. The van der Waals surface area contributed by atoms with Gasteiger partial charge < -0.3 is 14.4 Å². The molecule has 0 radical (unpaired) electrons. The van der Waals surface area contributed by atoms with E-state index in [-0.39, 0.29) is 17.3 Å². The second-order valence-corrected chi connectivity index (χ2v) is 20.1. The molecule has 3 aliphatic heterocycles. The molecule has 1 saturated carbocycles. The lowest BCUT2D eigenvalue weighted by molar-refractivity contribution is -0.0992. The molecule has 5 aliphatic rings. The number of carbonyl (C=O) groups is 1. The van der Waals surface area contributed by atoms with Crippen LogP contribution in [0.4, 0.5) is 5.69 Å². The third kappa shape index (κ3) is 8.09. The quantitative estimate of drug-likeness (QED) is 0.302. The Morgan fingerprint density at radius 1 is 1.09 bits per heavy atom. The number of halogens is 1. The number of nitrogens with one attached hydrogen (secondary N) is 1. The van der Waals surface area contributed by atoms with E-state index in [1.807, 2.05) is 39.2 Å². The molecular weight excluding hydrogens is 732 g/mol. The van der Waals surface area contributed by atoms with E-state index in [9.17, 15) is 13.2 Å². The first-order valence-electron chi connectivity index (χ1n) is 20.9. The number of ether oxygens (including phenoxy) is 2. The normalized spacial score (nSPS) is 33.5. The third-order valence-corrected chi connectivity index (χ3v) is 16.0. The van der Waals surface area contributed by atoms with Crippen molar-refractivity contribution in [1.29, 1.82) is 0 Å². The van der Waals surface area contributed by atoms with Crippen LogP contribution in [0.15, 0.2) is 48.6 Å². The summed E-state index contributed by atoms with van der Waals surface area (Å²) in [6, 6.07) is 12.7. The maximum Gasteiger partial charge on any atom is 0.264 e. The highest BCUT2D eigenvalue weighted by Crippen LogP contribution is 2.49. The molecule has 2 aromatic rings. The molecule has 2 aliphatic carbocycles. The van der Waals surface area contributed by atoms with Gasteiger partial charge in [-0.15, -0.1) is 0 Å². The first kappa shape index (κ1) is 40.6. The van der Waals surface area contributed by atoms with Crippen molar-refractivity contribution in [3.63, 3.8) is 0 Å². The fraction of sp³-hybridized carbons (Fsp3) is 0.659. The van der Waals surface area contributed by atoms with Crippen LogP contribution in [0.3, 0.4) is 0 Å². The molecule has 1 N–H and O–H groups in total. The molecule has 302 valence electrons. The van der Waals surface area contributed by atoms with Crippen LogP contribution in [-0.2, 0) is 26.6 Å². The van der Waals surface area contributed by atoms with Gasteiger partial charge in [-0.3, -0.25) is 14.6 Å². The van der Waals surface area contributed by atoms with Gasteiger partial charge in [0.2, 0.25) is 10.0 Å². The lowest BCUT2D eigenvalue weighted by atomic mass is 9.63. The monoisotopic (exact) mass is 794 g/mol. The number of hydrogen-bond acceptors (Lipinski definition) is 8. The maximum atomic E-state index is 14.0. The highest BCUT2D eigenvalue weighted by atomic mass is 35.5. The Bertz CT molecular complexity index is 1850. The minimum Gasteiger partial charge on any atom is -0.490 e. The average Bonchev–Trinajstić information content (AvgIpc) is 3.28. The molecule has 2 bridgehead atoms. The number of benzene rings is 2. The lowest BCUT2D eigenvalue weighted by Crippen LogP contribution is -2.61. The molecule has 1 amide bonds. The maximum absolute atomic E-state index is 14.0. The van der Waals surface area contributed by atoms with Gasteiger partial charge in [-0.1, -0.05) is 50.1 Å². The van der Waals surface area contributed by atoms with E-state index in [1.54, 1.807) is 6.07 Å². The van der Waals surface area contributed by atoms with E-state index in [1.165, 1.54) is 11.1 Å². The number of allylic oxidation sites excluding steroid dienone is 1. The fourth-order valence-electron chi connectivity index (χ4n) is 10.8. The summed E-state index contributed by atoms with van der Waals surface area (Å²) in [5.74, 6) is 0.532. The van der Waals surface area contributed by atoms with Gasteiger partial charge in [-0.2, -0.15) is 0 Å². The zero-order valence-corrected chi connectivity index (χ0v) is 35.4. The van der Waals surface area contributed by atoms with Crippen molar-refractivity contribution in [3.05, 3.63) is 70.3 Å². The lowest BCUT2D eigenvalue weighted by Gasteiger charge is -2.53. The topological polar surface area (TPSA) is 91.4 Å². The minimum atomic E-state index is -3.98. The Balaban J connectivity index is 1.31. The summed E-state index contributed by atoms with van der Waals surface area (Å²) in [5.41, 5.74) is 2.93. The second-order valence-electron chi connectivity index (χ2n) is 17.7. The minimum absolute atomic E-state index is 0.198. The summed E-state index contributed by atoms with van der Waals surface area (Å²) in [6.07, 6.45) is 11.4. The van der Waals surface area contributed by atoms with E-state index >= 15 is 0 Å². The van der Waals surface area contributed by atoms with Gasteiger partial charge in [0, 0.05) is 74.5 Å². The Morgan fingerprint density at radius 2 is 1.91 bits per heavy atom. The second kappa shape index (κ2) is 16.3. The van der Waals surface area contributed by atoms with Crippen molar-refractivity contribution in [2.45, 2.75) is 114 Å². The van der Waals surface area contributed by atoms with Crippen molar-refractivity contribution >= 4 is 33.2 Å². The van der Waals surface area contributed by atoms with E-state index < -0.39 is 26.8 Å². The predicted octanol–water partition coefficient (Wildman–Crippen LogP) is 7.46. The molecule has 9 nitrogen and oxygen atoms in total. The number of rotatable bonds is 6. The van der Waals surface area contributed by atoms with Crippen LogP contribution in [0.5, 0.6) is 5.75 Å². The molecule has 55 heavy (non-hydrogen) atoms. The van der Waals surface area contributed by atoms with Crippen LogP contribution in [0.1, 0.15) is 101 Å². The molecule has 0 aromatic heterocycles. The van der Waals surface area contributed by atoms with Crippen LogP contribution in [0.25, 0.3) is 0 Å². The summed E-state index contributed by atoms with van der Waals surface area (Å²) >= 11 is 6.53. The smallest absolute Gasteiger partial charge is 0.264 e. The molecule has 11 heteroatoms. The number of carbonyl (C=O) groups excluding carboxylic acids is 1. The summed E-state index contributed by atoms with van der Waals surface area (Å²) in [4.78, 5) is 21.5. The van der Waals surface area contributed by atoms with Crippen molar-refractivity contribution in [2.24, 2.45) is 17.8 Å². The van der Waals surface area contributed by atoms with Gasteiger partial charge in [0.15, 0.2) is 0 Å². The van der Waals surface area contributed by atoms with Gasteiger partial charge in [0.1, 0.15) is 11.4 Å². The van der Waals surface area contributed by atoms with E-state index in [4.69, 9.17) is 21.1 Å². The van der Waals surface area contributed by atoms with Gasteiger partial charge in [0.05, 0.1) is 17.5 Å². The Hall–Kier alpha value is -2.63. The van der Waals surface area contributed by atoms with E-state index in [0.29, 0.717) is 49.4 Å². The largest absolute Gasteiger partial charge is 0.490 e. The Labute approximate surface area is 335 Å². The predicted molar refractivity (Wildman–Crippen MR) is 222 cm³/mol. The molecule has 7 atom stereocenters. The van der Waals surface area contributed by atoms with Crippen LogP contribution in [-0.4, -0.2) is 100 Å². The zero-order chi connectivity index (χ0) is 39.1. The first-order chi connectivity index (χ1) is 26.3. The number of methoxy groups -OCH3 is 1.